The van der Waals surface area contributed by atoms with Crippen LogP contribution in [0.5, 0.6) is 0 Å². The van der Waals surface area contributed by atoms with E-state index in [1.165, 1.54) is 10.5 Å². The number of aromatic nitrogens is 1. The number of nitrogens with two attached hydrogens (primary N) is 1. The third-order valence-electron chi connectivity index (χ3n) is 3.65. The lowest BCUT2D eigenvalue weighted by Crippen LogP contribution is -2.33. The molecule has 0 bridgehead atoms. The minimum atomic E-state index is -3.73. The van der Waals surface area contributed by atoms with Crippen LogP contribution in [0, 0.1) is 0 Å². The number of rotatable bonds is 2. The molecule has 0 aliphatic carbocycles. The van der Waals surface area contributed by atoms with Crippen LogP contribution < -0.4 is 10.0 Å². The molecule has 0 amide bonds. The first-order valence-electron chi connectivity index (χ1n) is 6.92. The molecule has 1 aromatic carbocycles. The zero-order chi connectivity index (χ0) is 14.9. The monoisotopic (exact) mass is 303 g/mol. The quantitative estimate of drug-likeness (QED) is 0.922. The third kappa shape index (κ3) is 2.47. The summed E-state index contributed by atoms with van der Waals surface area (Å²) >= 11 is 0. The van der Waals surface area contributed by atoms with E-state index in [1.807, 2.05) is 24.3 Å². The summed E-state index contributed by atoms with van der Waals surface area (Å²) in [5.74, 6) is 0. The lowest BCUT2D eigenvalue weighted by molar-refractivity contribution is 0.586. The molecule has 2 aromatic rings. The average molecular weight is 303 g/mol. The van der Waals surface area contributed by atoms with Crippen molar-refractivity contribution in [2.75, 3.05) is 16.6 Å². The van der Waals surface area contributed by atoms with Crippen molar-refractivity contribution in [3.05, 3.63) is 48.2 Å². The van der Waals surface area contributed by atoms with Gasteiger partial charge in [-0.1, -0.05) is 18.2 Å². The standard InChI is InChI=1S/C15H17N3O2S/c16-13-8-5-10-17-15(13)21(19,20)18-11-4-3-7-12-6-1-2-9-14(12)18/h1-2,5-6,8-10H,3-4,7,11,16H2. The van der Waals surface area contributed by atoms with Gasteiger partial charge >= 0.3 is 0 Å². The van der Waals surface area contributed by atoms with E-state index in [2.05, 4.69) is 4.98 Å². The van der Waals surface area contributed by atoms with E-state index in [4.69, 9.17) is 5.73 Å². The number of nitrogen functional groups attached to an aromatic ring is 1. The molecule has 0 saturated carbocycles. The summed E-state index contributed by atoms with van der Waals surface area (Å²) in [7, 11) is -3.73. The van der Waals surface area contributed by atoms with Crippen LogP contribution in [0.15, 0.2) is 47.6 Å². The Kier molecular flexibility index (Phi) is 3.55. The Balaban J connectivity index is 2.13. The second kappa shape index (κ2) is 5.37. The first-order chi connectivity index (χ1) is 10.1. The van der Waals surface area contributed by atoms with E-state index in [9.17, 15) is 8.42 Å². The fourth-order valence-electron chi connectivity index (χ4n) is 2.63. The molecule has 0 spiro atoms. The number of para-hydroxylation sites is 1. The van der Waals surface area contributed by atoms with E-state index in [1.54, 1.807) is 12.1 Å². The minimum Gasteiger partial charge on any atom is -0.396 e. The number of aryl methyl sites for hydroxylation is 1. The summed E-state index contributed by atoms with van der Waals surface area (Å²) in [6.45, 7) is 0.454. The lowest BCUT2D eigenvalue weighted by atomic mass is 10.1. The highest BCUT2D eigenvalue weighted by molar-refractivity contribution is 7.92. The Bertz CT molecular complexity index is 759. The number of benzene rings is 1. The van der Waals surface area contributed by atoms with Crippen LogP contribution in [0.2, 0.25) is 0 Å². The minimum absolute atomic E-state index is 0.0679. The molecule has 5 nitrogen and oxygen atoms in total. The van der Waals surface area contributed by atoms with Gasteiger partial charge in [0.1, 0.15) is 0 Å². The van der Waals surface area contributed by atoms with E-state index < -0.39 is 10.0 Å². The van der Waals surface area contributed by atoms with Crippen molar-refractivity contribution in [2.45, 2.75) is 24.3 Å². The zero-order valence-corrected chi connectivity index (χ0v) is 12.4. The first kappa shape index (κ1) is 13.9. The maximum Gasteiger partial charge on any atom is 0.283 e. The van der Waals surface area contributed by atoms with Gasteiger partial charge in [-0.25, -0.2) is 4.98 Å². The maximum atomic E-state index is 12.9. The Labute approximate surface area is 124 Å². The van der Waals surface area contributed by atoms with Gasteiger partial charge in [0.05, 0.1) is 11.4 Å². The van der Waals surface area contributed by atoms with Gasteiger partial charge in [0, 0.05) is 12.7 Å². The molecule has 1 aliphatic heterocycles. The Hall–Kier alpha value is -2.08. The number of sulfonamides is 1. The Morgan fingerprint density at radius 3 is 2.71 bits per heavy atom. The van der Waals surface area contributed by atoms with Crippen LogP contribution in [0.25, 0.3) is 0 Å². The van der Waals surface area contributed by atoms with E-state index in [-0.39, 0.29) is 10.7 Å². The number of hydrogen-bond acceptors (Lipinski definition) is 4. The van der Waals surface area contributed by atoms with Gasteiger partial charge in [0.15, 0.2) is 5.03 Å². The van der Waals surface area contributed by atoms with Crippen molar-refractivity contribution in [3.8, 4) is 0 Å². The average Bonchev–Trinajstić information content (AvgIpc) is 2.70. The molecular weight excluding hydrogens is 286 g/mol. The molecule has 6 heteroatoms. The molecule has 1 aromatic heterocycles. The van der Waals surface area contributed by atoms with Crippen LogP contribution in [-0.2, 0) is 16.4 Å². The van der Waals surface area contributed by atoms with Gasteiger partial charge in [0.2, 0.25) is 0 Å². The van der Waals surface area contributed by atoms with Crippen molar-refractivity contribution in [1.82, 2.24) is 4.98 Å². The van der Waals surface area contributed by atoms with Gasteiger partial charge < -0.3 is 5.73 Å². The summed E-state index contributed by atoms with van der Waals surface area (Å²) in [4.78, 5) is 3.97. The normalized spacial score (nSPS) is 15.3. The highest BCUT2D eigenvalue weighted by Gasteiger charge is 2.30. The van der Waals surface area contributed by atoms with Crippen molar-refractivity contribution < 1.29 is 8.42 Å². The number of fused-ring (bicyclic) bond motifs is 1. The Morgan fingerprint density at radius 2 is 1.90 bits per heavy atom. The van der Waals surface area contributed by atoms with Gasteiger partial charge in [-0.2, -0.15) is 8.42 Å². The molecular formula is C15H17N3O2S. The second-order valence-electron chi connectivity index (χ2n) is 5.06. The maximum absolute atomic E-state index is 12.9. The predicted octanol–water partition coefficient (Wildman–Crippen LogP) is 2.20. The molecule has 0 atom stereocenters. The fraction of sp³-hybridized carbons (Fsp3) is 0.267. The van der Waals surface area contributed by atoms with Crippen LogP contribution in [0.4, 0.5) is 11.4 Å². The summed E-state index contributed by atoms with van der Waals surface area (Å²) in [6.07, 6.45) is 4.13. The van der Waals surface area contributed by atoms with Crippen LogP contribution in [0.1, 0.15) is 18.4 Å². The van der Waals surface area contributed by atoms with Crippen molar-refractivity contribution in [3.63, 3.8) is 0 Å². The fourth-order valence-corrected chi connectivity index (χ4v) is 4.20. The topological polar surface area (TPSA) is 76.3 Å². The summed E-state index contributed by atoms with van der Waals surface area (Å²) < 4.78 is 27.3. The van der Waals surface area contributed by atoms with Crippen molar-refractivity contribution >= 4 is 21.4 Å². The van der Waals surface area contributed by atoms with Crippen LogP contribution >= 0.6 is 0 Å². The number of anilines is 2. The number of hydrogen-bond donors (Lipinski definition) is 1. The highest BCUT2D eigenvalue weighted by Crippen LogP contribution is 2.31. The zero-order valence-electron chi connectivity index (χ0n) is 11.6. The molecule has 1 aliphatic rings. The van der Waals surface area contributed by atoms with E-state index in [0.29, 0.717) is 6.54 Å². The lowest BCUT2D eigenvalue weighted by Gasteiger charge is -2.24. The molecule has 2 N–H and O–H groups in total. The molecule has 0 saturated heterocycles. The van der Waals surface area contributed by atoms with Gasteiger partial charge in [-0.3, -0.25) is 4.31 Å². The molecule has 0 unspecified atom stereocenters. The van der Waals surface area contributed by atoms with Crippen molar-refractivity contribution in [2.24, 2.45) is 0 Å². The Morgan fingerprint density at radius 1 is 1.10 bits per heavy atom. The second-order valence-corrected chi connectivity index (χ2v) is 6.84. The molecule has 110 valence electrons. The predicted molar refractivity (Wildman–Crippen MR) is 82.6 cm³/mol. The molecule has 0 radical (unpaired) electrons. The smallest absolute Gasteiger partial charge is 0.283 e. The first-order valence-corrected chi connectivity index (χ1v) is 8.36. The van der Waals surface area contributed by atoms with Crippen LogP contribution in [0.3, 0.4) is 0 Å². The van der Waals surface area contributed by atoms with E-state index >= 15 is 0 Å². The number of nitrogens with zero attached hydrogens (tertiary/aromatic N) is 2. The molecule has 3 rings (SSSR count). The third-order valence-corrected chi connectivity index (χ3v) is 5.44. The number of pyridine rings is 1. The highest BCUT2D eigenvalue weighted by atomic mass is 32.2. The summed E-state index contributed by atoms with van der Waals surface area (Å²) in [5, 5.41) is -0.0679. The van der Waals surface area contributed by atoms with Gasteiger partial charge in [0.25, 0.3) is 10.0 Å². The molecule has 2 heterocycles. The van der Waals surface area contributed by atoms with Gasteiger partial charge in [-0.15, -0.1) is 0 Å². The van der Waals surface area contributed by atoms with E-state index in [0.717, 1.165) is 30.5 Å². The summed E-state index contributed by atoms with van der Waals surface area (Å²) in [6, 6.07) is 10.8. The van der Waals surface area contributed by atoms with Gasteiger partial charge in [-0.05, 0) is 43.0 Å². The van der Waals surface area contributed by atoms with Crippen LogP contribution in [-0.4, -0.2) is 19.9 Å². The van der Waals surface area contributed by atoms with Crippen molar-refractivity contribution in [1.29, 1.82) is 0 Å². The molecule has 0 fully saturated rings. The molecule has 21 heavy (non-hydrogen) atoms. The summed E-state index contributed by atoms with van der Waals surface area (Å²) in [5.41, 5.74) is 7.77. The largest absolute Gasteiger partial charge is 0.396 e. The SMILES string of the molecule is Nc1cccnc1S(=O)(=O)N1CCCCc2ccccc21.